The van der Waals surface area contributed by atoms with E-state index in [1.807, 2.05) is 0 Å². The van der Waals surface area contributed by atoms with Gasteiger partial charge in [0.15, 0.2) is 9.84 Å². The number of carbonyl (C=O) groups excluding carboxylic acids is 1. The van der Waals surface area contributed by atoms with Crippen LogP contribution < -0.4 is 10.6 Å². The molecule has 0 bridgehead atoms. The molecule has 1 aromatic carbocycles. The maximum Gasteiger partial charge on any atom is 0.417 e. The van der Waals surface area contributed by atoms with Crippen molar-refractivity contribution in [2.75, 3.05) is 16.8 Å². The number of benzene rings is 1. The molecule has 0 aromatic heterocycles. The molecule has 1 atom stereocenters. The summed E-state index contributed by atoms with van der Waals surface area (Å²) in [6.45, 7) is 0. The van der Waals surface area contributed by atoms with Crippen LogP contribution in [-0.2, 0) is 20.8 Å². The van der Waals surface area contributed by atoms with E-state index < -0.39 is 44.1 Å². The van der Waals surface area contributed by atoms with E-state index in [2.05, 4.69) is 10.6 Å². The van der Waals surface area contributed by atoms with Gasteiger partial charge >= 0.3 is 6.18 Å². The Morgan fingerprint density at radius 3 is 2.62 bits per heavy atom. The molecule has 6 nitrogen and oxygen atoms in total. The summed E-state index contributed by atoms with van der Waals surface area (Å²) in [6.07, 6.45) is -3.30. The zero-order valence-electron chi connectivity index (χ0n) is 13.1. The molecule has 2 N–H and O–H groups in total. The van der Waals surface area contributed by atoms with Crippen LogP contribution in [-0.4, -0.2) is 31.9 Å². The lowest BCUT2D eigenvalue weighted by Crippen LogP contribution is -2.27. The lowest BCUT2D eigenvalue weighted by atomic mass is 10.2. The van der Waals surface area contributed by atoms with Gasteiger partial charge in [-0.05, 0) is 24.6 Å². The minimum absolute atomic E-state index is 0.0115. The summed E-state index contributed by atoms with van der Waals surface area (Å²) in [4.78, 5) is 12.0. The normalized spacial score (nSPS) is 19.7. The average Bonchev–Trinajstić information content (AvgIpc) is 2.88. The molecule has 1 amide bonds. The highest BCUT2D eigenvalue weighted by atomic mass is 35.5. The van der Waals surface area contributed by atoms with Crippen LogP contribution in [0, 0.1) is 11.3 Å². The van der Waals surface area contributed by atoms with Crippen LogP contribution in [0.2, 0.25) is 5.02 Å². The van der Waals surface area contributed by atoms with Crippen molar-refractivity contribution in [2.24, 2.45) is 0 Å². The third-order valence-electron chi connectivity index (χ3n) is 3.59. The number of hydrogen-bond acceptors (Lipinski definition) is 5. The number of amides is 1. The molecule has 1 heterocycles. The van der Waals surface area contributed by atoms with Gasteiger partial charge in [0, 0.05) is 17.9 Å². The smallest absolute Gasteiger partial charge is 0.386 e. The Hall–Kier alpha value is -2.25. The van der Waals surface area contributed by atoms with Gasteiger partial charge in [-0.2, -0.15) is 18.4 Å². The van der Waals surface area contributed by atoms with E-state index in [9.17, 15) is 26.4 Å². The quantitative estimate of drug-likeness (QED) is 0.590. The molecular formula is C15H13ClF3N3O3S. The molecule has 2 rings (SSSR count). The summed E-state index contributed by atoms with van der Waals surface area (Å²) in [5, 5.41) is 13.4. The molecule has 1 fully saturated rings. The van der Waals surface area contributed by atoms with Gasteiger partial charge in [-0.15, -0.1) is 0 Å². The SMILES string of the molecule is N#C/C(=C/NC1CCS(=O)(=O)C1)C(=O)Nc1ccc(Cl)c(C(F)(F)F)c1. The first-order chi connectivity index (χ1) is 12.0. The molecule has 0 saturated carbocycles. The van der Waals surface area contributed by atoms with Crippen molar-refractivity contribution in [3.05, 3.63) is 40.6 Å². The predicted molar refractivity (Wildman–Crippen MR) is 89.0 cm³/mol. The molecule has 1 aliphatic rings. The van der Waals surface area contributed by atoms with Crippen molar-refractivity contribution in [3.63, 3.8) is 0 Å². The highest BCUT2D eigenvalue weighted by Crippen LogP contribution is 2.36. The van der Waals surface area contributed by atoms with Gasteiger partial charge in [-0.3, -0.25) is 4.79 Å². The number of nitrogens with zero attached hydrogens (tertiary/aromatic N) is 1. The van der Waals surface area contributed by atoms with Crippen LogP contribution in [0.5, 0.6) is 0 Å². The van der Waals surface area contributed by atoms with Crippen molar-refractivity contribution < 1.29 is 26.4 Å². The van der Waals surface area contributed by atoms with Crippen molar-refractivity contribution in [1.82, 2.24) is 5.32 Å². The Morgan fingerprint density at radius 1 is 1.38 bits per heavy atom. The van der Waals surface area contributed by atoms with Gasteiger partial charge in [-0.25, -0.2) is 8.42 Å². The Balaban J connectivity index is 2.10. The summed E-state index contributed by atoms with van der Waals surface area (Å²) >= 11 is 5.50. The van der Waals surface area contributed by atoms with Crippen LogP contribution >= 0.6 is 11.6 Å². The summed E-state index contributed by atoms with van der Waals surface area (Å²) < 4.78 is 61.2. The molecule has 0 spiro atoms. The molecule has 0 aliphatic carbocycles. The third kappa shape index (κ3) is 5.12. The molecule has 0 radical (unpaired) electrons. The van der Waals surface area contributed by atoms with E-state index in [1.165, 1.54) is 6.07 Å². The summed E-state index contributed by atoms with van der Waals surface area (Å²) in [7, 11) is -3.14. The van der Waals surface area contributed by atoms with E-state index >= 15 is 0 Å². The van der Waals surface area contributed by atoms with E-state index in [-0.39, 0.29) is 17.2 Å². The predicted octanol–water partition coefficient (Wildman–Crippen LogP) is 2.48. The molecule has 1 aliphatic heterocycles. The van der Waals surface area contributed by atoms with E-state index in [1.54, 1.807) is 6.07 Å². The Morgan fingerprint density at radius 2 is 2.08 bits per heavy atom. The zero-order chi connectivity index (χ0) is 19.5. The molecule has 140 valence electrons. The molecule has 1 unspecified atom stereocenters. The summed E-state index contributed by atoms with van der Waals surface area (Å²) in [6, 6.07) is 4.00. The molecule has 26 heavy (non-hydrogen) atoms. The van der Waals surface area contributed by atoms with Crippen LogP contribution in [0.15, 0.2) is 30.0 Å². The zero-order valence-corrected chi connectivity index (χ0v) is 14.7. The number of nitriles is 1. The van der Waals surface area contributed by atoms with Crippen molar-refractivity contribution >= 4 is 33.0 Å². The van der Waals surface area contributed by atoms with Gasteiger partial charge in [-0.1, -0.05) is 11.6 Å². The van der Waals surface area contributed by atoms with Crippen molar-refractivity contribution in [2.45, 2.75) is 18.6 Å². The number of nitrogens with one attached hydrogen (secondary N) is 2. The minimum atomic E-state index is -4.69. The largest absolute Gasteiger partial charge is 0.417 e. The number of sulfone groups is 1. The van der Waals surface area contributed by atoms with Crippen LogP contribution in [0.25, 0.3) is 0 Å². The molecule has 1 aromatic rings. The van der Waals surface area contributed by atoms with Crippen molar-refractivity contribution in [1.29, 1.82) is 5.26 Å². The van der Waals surface area contributed by atoms with Crippen molar-refractivity contribution in [3.8, 4) is 6.07 Å². The number of hydrogen-bond donors (Lipinski definition) is 2. The minimum Gasteiger partial charge on any atom is -0.386 e. The Bertz CT molecular complexity index is 892. The fourth-order valence-electron chi connectivity index (χ4n) is 2.29. The van der Waals surface area contributed by atoms with Crippen LogP contribution in [0.4, 0.5) is 18.9 Å². The fraction of sp³-hybridized carbons (Fsp3) is 0.333. The lowest BCUT2D eigenvalue weighted by Gasteiger charge is -2.12. The van der Waals surface area contributed by atoms with Gasteiger partial charge < -0.3 is 10.6 Å². The summed E-state index contributed by atoms with van der Waals surface area (Å²) in [5.41, 5.74) is -1.71. The molecule has 11 heteroatoms. The second kappa shape index (κ2) is 7.55. The standard InChI is InChI=1S/C15H13ClF3N3O3S/c16-13-2-1-10(5-12(13)15(17,18)19)22-14(23)9(6-20)7-21-11-3-4-26(24,25)8-11/h1-2,5,7,11,21H,3-4,8H2,(H,22,23)/b9-7-. The van der Waals surface area contributed by atoms with Crippen LogP contribution in [0.3, 0.4) is 0 Å². The monoisotopic (exact) mass is 407 g/mol. The molecular weight excluding hydrogens is 395 g/mol. The van der Waals surface area contributed by atoms with E-state index in [4.69, 9.17) is 16.9 Å². The fourth-order valence-corrected chi connectivity index (χ4v) is 4.21. The number of halogens is 4. The number of alkyl halides is 3. The lowest BCUT2D eigenvalue weighted by molar-refractivity contribution is -0.137. The highest BCUT2D eigenvalue weighted by Gasteiger charge is 2.33. The van der Waals surface area contributed by atoms with Crippen LogP contribution in [0.1, 0.15) is 12.0 Å². The third-order valence-corrected chi connectivity index (χ3v) is 5.69. The van der Waals surface area contributed by atoms with E-state index in [0.29, 0.717) is 12.5 Å². The Kier molecular flexibility index (Phi) is 5.83. The highest BCUT2D eigenvalue weighted by molar-refractivity contribution is 7.91. The molecule has 1 saturated heterocycles. The average molecular weight is 408 g/mol. The van der Waals surface area contributed by atoms with Gasteiger partial charge in [0.25, 0.3) is 5.91 Å². The first-order valence-corrected chi connectivity index (χ1v) is 9.46. The number of carbonyl (C=O) groups is 1. The maximum atomic E-state index is 12.8. The Labute approximate surface area is 152 Å². The first kappa shape index (κ1) is 20.1. The topological polar surface area (TPSA) is 99.1 Å². The van der Waals surface area contributed by atoms with Gasteiger partial charge in [0.05, 0.1) is 22.1 Å². The second-order valence-corrected chi connectivity index (χ2v) is 8.22. The maximum absolute atomic E-state index is 12.8. The summed E-state index contributed by atoms with van der Waals surface area (Å²) in [5.74, 6) is -1.04. The number of anilines is 1. The van der Waals surface area contributed by atoms with Gasteiger partial charge in [0.1, 0.15) is 11.6 Å². The second-order valence-electron chi connectivity index (χ2n) is 5.58. The van der Waals surface area contributed by atoms with Gasteiger partial charge in [0.2, 0.25) is 0 Å². The van der Waals surface area contributed by atoms with E-state index in [0.717, 1.165) is 12.3 Å². The number of rotatable bonds is 4. The first-order valence-electron chi connectivity index (χ1n) is 7.26.